The molecule has 0 radical (unpaired) electrons. The smallest absolute Gasteiger partial charge is 0.256 e. The van der Waals surface area contributed by atoms with Gasteiger partial charge in [-0.2, -0.15) is 0 Å². The summed E-state index contributed by atoms with van der Waals surface area (Å²) < 4.78 is 10.3. The Morgan fingerprint density at radius 3 is 1.89 bits per heavy atom. The largest absolute Gasteiger partial charge is 0.497 e. The molecule has 0 aromatic heterocycles. The molecule has 27 heavy (non-hydrogen) atoms. The summed E-state index contributed by atoms with van der Waals surface area (Å²) in [6.07, 6.45) is 1.87. The molecular weight excluding hydrogens is 338 g/mol. The van der Waals surface area contributed by atoms with Gasteiger partial charge in [-0.15, -0.1) is 0 Å². The van der Waals surface area contributed by atoms with Crippen LogP contribution < -0.4 is 14.8 Å². The number of amides is 1. The van der Waals surface area contributed by atoms with Gasteiger partial charge < -0.3 is 14.8 Å². The molecule has 0 unspecified atom stereocenters. The Bertz CT molecular complexity index is 914. The van der Waals surface area contributed by atoms with Gasteiger partial charge in [-0.05, 0) is 53.6 Å². The number of anilines is 1. The van der Waals surface area contributed by atoms with Crippen molar-refractivity contribution in [3.63, 3.8) is 0 Å². The molecule has 0 aliphatic rings. The van der Waals surface area contributed by atoms with Crippen LogP contribution in [0.15, 0.2) is 78.9 Å². The van der Waals surface area contributed by atoms with Crippen LogP contribution in [0.25, 0.3) is 11.6 Å². The van der Waals surface area contributed by atoms with E-state index in [4.69, 9.17) is 9.47 Å². The molecule has 3 aromatic rings. The molecule has 4 heteroatoms. The number of rotatable bonds is 6. The van der Waals surface area contributed by atoms with Crippen molar-refractivity contribution >= 4 is 23.2 Å². The highest BCUT2D eigenvalue weighted by Crippen LogP contribution is 2.23. The highest BCUT2D eigenvalue weighted by molar-refractivity contribution is 6.29. The van der Waals surface area contributed by atoms with Crippen molar-refractivity contribution in [3.8, 4) is 11.5 Å². The molecule has 1 amide bonds. The third-order valence-electron chi connectivity index (χ3n) is 4.10. The van der Waals surface area contributed by atoms with Crippen LogP contribution in [0.5, 0.6) is 11.5 Å². The van der Waals surface area contributed by atoms with Crippen molar-refractivity contribution in [2.75, 3.05) is 19.5 Å². The molecule has 1 N–H and O–H groups in total. The first-order chi connectivity index (χ1) is 13.2. The standard InChI is InChI=1S/C23H21NO3/c1-26-20-12-8-17(9-13-20)16-22(18-6-4-3-5-7-18)23(25)24-19-10-14-21(27-2)15-11-19/h3-16H,1-2H3,(H,24,25). The zero-order chi connectivity index (χ0) is 19.1. The summed E-state index contributed by atoms with van der Waals surface area (Å²) in [4.78, 5) is 13.0. The second-order valence-electron chi connectivity index (χ2n) is 5.88. The van der Waals surface area contributed by atoms with Crippen LogP contribution >= 0.6 is 0 Å². The summed E-state index contributed by atoms with van der Waals surface area (Å²) in [5.74, 6) is 1.34. The van der Waals surface area contributed by atoms with E-state index in [1.54, 1.807) is 14.2 Å². The van der Waals surface area contributed by atoms with E-state index in [0.29, 0.717) is 11.3 Å². The lowest BCUT2D eigenvalue weighted by Crippen LogP contribution is -2.13. The first kappa shape index (κ1) is 18.3. The Morgan fingerprint density at radius 2 is 1.33 bits per heavy atom. The van der Waals surface area contributed by atoms with Gasteiger partial charge in [0.1, 0.15) is 11.5 Å². The molecule has 136 valence electrons. The van der Waals surface area contributed by atoms with Gasteiger partial charge in [0.2, 0.25) is 0 Å². The summed E-state index contributed by atoms with van der Waals surface area (Å²) in [5.41, 5.74) is 3.05. The molecule has 0 aliphatic carbocycles. The van der Waals surface area contributed by atoms with Gasteiger partial charge in [0.15, 0.2) is 0 Å². The number of carbonyl (C=O) groups is 1. The maximum atomic E-state index is 13.0. The highest BCUT2D eigenvalue weighted by Gasteiger charge is 2.12. The Kier molecular flexibility index (Phi) is 5.90. The number of hydrogen-bond acceptors (Lipinski definition) is 3. The van der Waals surface area contributed by atoms with Gasteiger partial charge >= 0.3 is 0 Å². The molecule has 0 aliphatic heterocycles. The van der Waals surface area contributed by atoms with Crippen LogP contribution in [0.3, 0.4) is 0 Å². The second kappa shape index (κ2) is 8.72. The van der Waals surface area contributed by atoms with Crippen molar-refractivity contribution in [1.82, 2.24) is 0 Å². The minimum atomic E-state index is -0.179. The van der Waals surface area contributed by atoms with Crippen LogP contribution in [0.2, 0.25) is 0 Å². The van der Waals surface area contributed by atoms with E-state index < -0.39 is 0 Å². The minimum absolute atomic E-state index is 0.179. The maximum Gasteiger partial charge on any atom is 0.256 e. The van der Waals surface area contributed by atoms with Crippen LogP contribution in [0, 0.1) is 0 Å². The first-order valence-electron chi connectivity index (χ1n) is 8.56. The Balaban J connectivity index is 1.91. The summed E-state index contributed by atoms with van der Waals surface area (Å²) >= 11 is 0. The van der Waals surface area contributed by atoms with Crippen molar-refractivity contribution in [2.45, 2.75) is 0 Å². The van der Waals surface area contributed by atoms with Crippen molar-refractivity contribution in [3.05, 3.63) is 90.0 Å². The summed E-state index contributed by atoms with van der Waals surface area (Å²) in [6.45, 7) is 0. The Morgan fingerprint density at radius 1 is 0.778 bits per heavy atom. The third kappa shape index (κ3) is 4.76. The van der Waals surface area contributed by atoms with E-state index in [2.05, 4.69) is 5.32 Å². The van der Waals surface area contributed by atoms with E-state index in [1.165, 1.54) is 0 Å². The summed E-state index contributed by atoms with van der Waals surface area (Å²) in [7, 11) is 3.24. The van der Waals surface area contributed by atoms with Crippen molar-refractivity contribution in [1.29, 1.82) is 0 Å². The Labute approximate surface area is 159 Å². The molecule has 3 aromatic carbocycles. The fourth-order valence-corrected chi connectivity index (χ4v) is 2.64. The van der Waals surface area contributed by atoms with E-state index in [-0.39, 0.29) is 5.91 Å². The van der Waals surface area contributed by atoms with E-state index in [1.807, 2.05) is 84.9 Å². The quantitative estimate of drug-likeness (QED) is 0.504. The van der Waals surface area contributed by atoms with Gasteiger partial charge in [0, 0.05) is 11.3 Å². The average Bonchev–Trinajstić information content (AvgIpc) is 2.73. The predicted molar refractivity (Wildman–Crippen MR) is 109 cm³/mol. The van der Waals surface area contributed by atoms with Gasteiger partial charge in [-0.25, -0.2) is 0 Å². The molecule has 0 fully saturated rings. The van der Waals surface area contributed by atoms with Gasteiger partial charge in [0.05, 0.1) is 14.2 Å². The maximum absolute atomic E-state index is 13.0. The van der Waals surface area contributed by atoms with Gasteiger partial charge in [-0.3, -0.25) is 4.79 Å². The monoisotopic (exact) mass is 359 g/mol. The molecule has 0 spiro atoms. The zero-order valence-corrected chi connectivity index (χ0v) is 15.3. The number of benzene rings is 3. The lowest BCUT2D eigenvalue weighted by Gasteiger charge is -2.11. The number of methoxy groups -OCH3 is 2. The zero-order valence-electron chi connectivity index (χ0n) is 15.3. The number of ether oxygens (including phenoxy) is 2. The van der Waals surface area contributed by atoms with Crippen LogP contribution in [-0.4, -0.2) is 20.1 Å². The lowest BCUT2D eigenvalue weighted by atomic mass is 10.0. The topological polar surface area (TPSA) is 47.6 Å². The van der Waals surface area contributed by atoms with Crippen LogP contribution in [-0.2, 0) is 4.79 Å². The fraction of sp³-hybridized carbons (Fsp3) is 0.0870. The molecular formula is C23H21NO3. The molecule has 0 heterocycles. The normalized spacial score (nSPS) is 11.0. The fourth-order valence-electron chi connectivity index (χ4n) is 2.64. The minimum Gasteiger partial charge on any atom is -0.497 e. The summed E-state index contributed by atoms with van der Waals surface area (Å²) in [6, 6.07) is 24.4. The highest BCUT2D eigenvalue weighted by atomic mass is 16.5. The lowest BCUT2D eigenvalue weighted by molar-refractivity contribution is -0.111. The Hall–Kier alpha value is -3.53. The molecule has 0 saturated carbocycles. The van der Waals surface area contributed by atoms with Crippen LogP contribution in [0.1, 0.15) is 11.1 Å². The second-order valence-corrected chi connectivity index (χ2v) is 5.88. The van der Waals surface area contributed by atoms with E-state index in [0.717, 1.165) is 22.6 Å². The number of carbonyl (C=O) groups excluding carboxylic acids is 1. The number of hydrogen-bond donors (Lipinski definition) is 1. The molecule has 4 nitrogen and oxygen atoms in total. The van der Waals surface area contributed by atoms with Gasteiger partial charge in [0.25, 0.3) is 5.91 Å². The first-order valence-corrected chi connectivity index (χ1v) is 8.56. The SMILES string of the molecule is COc1ccc(C=C(C(=O)Nc2ccc(OC)cc2)c2ccccc2)cc1. The van der Waals surface area contributed by atoms with Crippen molar-refractivity contribution < 1.29 is 14.3 Å². The predicted octanol–water partition coefficient (Wildman–Crippen LogP) is 4.88. The van der Waals surface area contributed by atoms with Crippen molar-refractivity contribution in [2.24, 2.45) is 0 Å². The van der Waals surface area contributed by atoms with Crippen LogP contribution in [0.4, 0.5) is 5.69 Å². The van der Waals surface area contributed by atoms with E-state index in [9.17, 15) is 4.79 Å². The van der Waals surface area contributed by atoms with Gasteiger partial charge in [-0.1, -0.05) is 42.5 Å². The molecule has 0 atom stereocenters. The molecule has 0 saturated heterocycles. The molecule has 3 rings (SSSR count). The number of nitrogens with one attached hydrogen (secondary N) is 1. The average molecular weight is 359 g/mol. The molecule has 0 bridgehead atoms. The summed E-state index contributed by atoms with van der Waals surface area (Å²) in [5, 5.41) is 2.95. The third-order valence-corrected chi connectivity index (χ3v) is 4.10. The van der Waals surface area contributed by atoms with E-state index >= 15 is 0 Å².